The van der Waals surface area contributed by atoms with Crippen LogP contribution < -0.4 is 14.2 Å². The molecule has 0 fully saturated rings. The lowest BCUT2D eigenvalue weighted by Crippen LogP contribution is -1.98. The molecule has 8 rings (SSSR count). The van der Waals surface area contributed by atoms with E-state index in [4.69, 9.17) is 14.2 Å². The molecule has 0 aliphatic carbocycles. The first-order chi connectivity index (χ1) is 23.2. The summed E-state index contributed by atoms with van der Waals surface area (Å²) in [5.41, 5.74) is 4.42. The summed E-state index contributed by atoms with van der Waals surface area (Å²) in [6, 6.07) is 41.5. The van der Waals surface area contributed by atoms with Crippen LogP contribution in [0.1, 0.15) is 32.6 Å². The van der Waals surface area contributed by atoms with Crippen LogP contribution in [-0.4, -0.2) is 20.8 Å². The molecular weight excluding hydrogens is 576 g/mol. The Kier molecular flexibility index (Phi) is 7.53. The fraction of sp³-hybridized carbons (Fsp3) is 0.182. The lowest BCUT2D eigenvalue weighted by Gasteiger charge is -2.22. The SMILES string of the molecule is CCCCCCOc1ccc(-c2cc3cc4ccccc4c4ccc5c(-c6c(OC)ccc7ccccc67)c(OC)cc2c5c34)cc1. The molecule has 0 atom stereocenters. The maximum absolute atomic E-state index is 6.27. The van der Waals surface area contributed by atoms with Gasteiger partial charge in [0.15, 0.2) is 0 Å². The summed E-state index contributed by atoms with van der Waals surface area (Å²) in [7, 11) is 3.52. The number of hydrogen-bond acceptors (Lipinski definition) is 3. The zero-order valence-electron chi connectivity index (χ0n) is 27.2. The number of benzene rings is 8. The summed E-state index contributed by atoms with van der Waals surface area (Å²) in [5.74, 6) is 2.56. The molecule has 0 saturated heterocycles. The Balaban J connectivity index is 1.42. The molecular formula is C44H38O3. The van der Waals surface area contributed by atoms with E-state index >= 15 is 0 Å². The molecule has 0 unspecified atom stereocenters. The van der Waals surface area contributed by atoms with Crippen LogP contribution in [0.5, 0.6) is 17.2 Å². The highest BCUT2D eigenvalue weighted by atomic mass is 16.5. The maximum atomic E-state index is 6.27. The van der Waals surface area contributed by atoms with Gasteiger partial charge in [-0.2, -0.15) is 0 Å². The van der Waals surface area contributed by atoms with E-state index in [0.29, 0.717) is 0 Å². The van der Waals surface area contributed by atoms with Crippen LogP contribution >= 0.6 is 0 Å². The van der Waals surface area contributed by atoms with Gasteiger partial charge < -0.3 is 14.2 Å². The molecule has 0 radical (unpaired) electrons. The van der Waals surface area contributed by atoms with Crippen molar-refractivity contribution in [1.29, 1.82) is 0 Å². The Morgan fingerprint density at radius 3 is 2.00 bits per heavy atom. The molecule has 0 bridgehead atoms. The average Bonchev–Trinajstić information content (AvgIpc) is 3.12. The molecule has 0 N–H and O–H groups in total. The van der Waals surface area contributed by atoms with E-state index in [9.17, 15) is 0 Å². The first kappa shape index (κ1) is 29.1. The van der Waals surface area contributed by atoms with Crippen LogP contribution in [0.15, 0.2) is 115 Å². The molecule has 8 aromatic carbocycles. The summed E-state index contributed by atoms with van der Waals surface area (Å²) >= 11 is 0. The summed E-state index contributed by atoms with van der Waals surface area (Å²) in [5, 5.41) is 12.1. The Morgan fingerprint density at radius 2 is 1.21 bits per heavy atom. The van der Waals surface area contributed by atoms with Gasteiger partial charge in [-0.3, -0.25) is 0 Å². The Bertz CT molecular complexity index is 2390. The molecule has 0 heterocycles. The van der Waals surface area contributed by atoms with Crippen molar-refractivity contribution in [3.63, 3.8) is 0 Å². The van der Waals surface area contributed by atoms with Crippen molar-refractivity contribution in [2.45, 2.75) is 32.6 Å². The number of rotatable bonds is 10. The van der Waals surface area contributed by atoms with Gasteiger partial charge in [0.05, 0.1) is 20.8 Å². The molecule has 0 aliphatic heterocycles. The molecule has 0 aliphatic rings. The third kappa shape index (κ3) is 4.89. The second-order valence-electron chi connectivity index (χ2n) is 12.5. The number of hydrogen-bond donors (Lipinski definition) is 0. The van der Waals surface area contributed by atoms with E-state index in [2.05, 4.69) is 122 Å². The van der Waals surface area contributed by atoms with Crippen molar-refractivity contribution in [3.05, 3.63) is 115 Å². The fourth-order valence-electron chi connectivity index (χ4n) is 7.48. The Labute approximate surface area is 275 Å². The van der Waals surface area contributed by atoms with Crippen LogP contribution in [0.25, 0.3) is 76.1 Å². The predicted molar refractivity (Wildman–Crippen MR) is 199 cm³/mol. The molecule has 0 amide bonds. The normalized spacial score (nSPS) is 11.7. The van der Waals surface area contributed by atoms with E-state index in [-0.39, 0.29) is 0 Å². The Morgan fingerprint density at radius 1 is 0.489 bits per heavy atom. The molecule has 232 valence electrons. The smallest absolute Gasteiger partial charge is 0.128 e. The van der Waals surface area contributed by atoms with Crippen molar-refractivity contribution in [3.8, 4) is 39.5 Å². The Hall–Kier alpha value is -5.28. The molecule has 3 heteroatoms. The summed E-state index contributed by atoms with van der Waals surface area (Å²) in [4.78, 5) is 0. The van der Waals surface area contributed by atoms with Crippen molar-refractivity contribution in [2.75, 3.05) is 20.8 Å². The lowest BCUT2D eigenvalue weighted by molar-refractivity contribution is 0.305. The fourth-order valence-corrected chi connectivity index (χ4v) is 7.48. The van der Waals surface area contributed by atoms with Crippen molar-refractivity contribution in [2.24, 2.45) is 0 Å². The zero-order chi connectivity index (χ0) is 31.9. The van der Waals surface area contributed by atoms with E-state index in [1.165, 1.54) is 62.5 Å². The molecule has 3 nitrogen and oxygen atoms in total. The van der Waals surface area contributed by atoms with Gasteiger partial charge in [0, 0.05) is 11.1 Å². The van der Waals surface area contributed by atoms with Gasteiger partial charge in [-0.15, -0.1) is 0 Å². The minimum Gasteiger partial charge on any atom is -0.496 e. The summed E-state index contributed by atoms with van der Waals surface area (Å²) in [6.45, 7) is 2.99. The zero-order valence-corrected chi connectivity index (χ0v) is 27.2. The van der Waals surface area contributed by atoms with Crippen LogP contribution in [-0.2, 0) is 0 Å². The van der Waals surface area contributed by atoms with E-state index in [1.807, 2.05) is 0 Å². The standard InChI is InChI=1S/C44H38O3/c1-4-5-6-11-24-47-32-19-16-29(17-20-32)37-26-31-25-30-13-8-9-14-33(30)35-21-22-36-42(41(31)35)38(37)27-40(46-3)44(36)43-34-15-10-7-12-28(34)18-23-39(43)45-2/h7-10,12-23,25-27H,4-6,11,24H2,1-3H3. The highest BCUT2D eigenvalue weighted by Crippen LogP contribution is 2.51. The van der Waals surface area contributed by atoms with Crippen molar-refractivity contribution in [1.82, 2.24) is 0 Å². The number of methoxy groups -OCH3 is 2. The molecule has 0 saturated carbocycles. The van der Waals surface area contributed by atoms with Crippen molar-refractivity contribution >= 4 is 53.9 Å². The first-order valence-corrected chi connectivity index (χ1v) is 16.7. The van der Waals surface area contributed by atoms with Crippen LogP contribution in [0.2, 0.25) is 0 Å². The van der Waals surface area contributed by atoms with Gasteiger partial charge in [-0.25, -0.2) is 0 Å². The second-order valence-corrected chi connectivity index (χ2v) is 12.5. The van der Waals surface area contributed by atoms with Crippen LogP contribution in [0.3, 0.4) is 0 Å². The summed E-state index contributed by atoms with van der Waals surface area (Å²) in [6.07, 6.45) is 4.77. The minimum absolute atomic E-state index is 0.751. The van der Waals surface area contributed by atoms with Gasteiger partial charge >= 0.3 is 0 Å². The average molecular weight is 615 g/mol. The third-order valence-electron chi connectivity index (χ3n) is 9.72. The van der Waals surface area contributed by atoms with Crippen LogP contribution in [0, 0.1) is 0 Å². The quantitative estimate of drug-likeness (QED) is 0.0871. The van der Waals surface area contributed by atoms with Crippen molar-refractivity contribution < 1.29 is 14.2 Å². The number of unbranched alkanes of at least 4 members (excludes halogenated alkanes) is 3. The van der Waals surface area contributed by atoms with E-state index in [1.54, 1.807) is 14.2 Å². The maximum Gasteiger partial charge on any atom is 0.128 e. The minimum atomic E-state index is 0.751. The molecule has 47 heavy (non-hydrogen) atoms. The second kappa shape index (κ2) is 12.1. The predicted octanol–water partition coefficient (Wildman–Crippen LogP) is 12.2. The van der Waals surface area contributed by atoms with Gasteiger partial charge in [0.1, 0.15) is 17.2 Å². The largest absolute Gasteiger partial charge is 0.496 e. The number of fused-ring (bicyclic) bond motifs is 3. The monoisotopic (exact) mass is 614 g/mol. The van der Waals surface area contributed by atoms with Gasteiger partial charge in [-0.1, -0.05) is 105 Å². The van der Waals surface area contributed by atoms with E-state index in [0.717, 1.165) is 63.1 Å². The van der Waals surface area contributed by atoms with E-state index < -0.39 is 0 Å². The molecule has 0 aromatic heterocycles. The van der Waals surface area contributed by atoms with Gasteiger partial charge in [0.2, 0.25) is 0 Å². The molecule has 8 aromatic rings. The topological polar surface area (TPSA) is 27.7 Å². The highest BCUT2D eigenvalue weighted by Gasteiger charge is 2.24. The number of ether oxygens (including phenoxy) is 3. The van der Waals surface area contributed by atoms with Gasteiger partial charge in [-0.05, 0) is 108 Å². The first-order valence-electron chi connectivity index (χ1n) is 16.7. The van der Waals surface area contributed by atoms with Crippen LogP contribution in [0.4, 0.5) is 0 Å². The lowest BCUT2D eigenvalue weighted by atomic mass is 9.83. The molecule has 0 spiro atoms. The van der Waals surface area contributed by atoms with Gasteiger partial charge in [0.25, 0.3) is 0 Å². The summed E-state index contributed by atoms with van der Waals surface area (Å²) < 4.78 is 18.4. The highest BCUT2D eigenvalue weighted by molar-refractivity contribution is 6.33. The third-order valence-corrected chi connectivity index (χ3v) is 9.72.